The number of phosphoric ester groups is 1. The number of hydrogen-bond donors (Lipinski definition) is 2. The number of carbonyl (C=O) groups excluding carboxylic acids is 5. The molecule has 2 rings (SSSR count). The molecule has 2 N–H and O–H groups in total. The van der Waals surface area contributed by atoms with Crippen LogP contribution in [0.5, 0.6) is 5.75 Å². The predicted molar refractivity (Wildman–Crippen MR) is 143 cm³/mol. The van der Waals surface area contributed by atoms with Crippen LogP contribution in [0.1, 0.15) is 27.2 Å². The molecule has 0 spiro atoms. The van der Waals surface area contributed by atoms with E-state index in [0.717, 1.165) is 23.9 Å². The number of methoxy groups -OCH3 is 1. The number of ketones is 1. The Morgan fingerprint density at radius 3 is 2.49 bits per heavy atom. The van der Waals surface area contributed by atoms with Crippen molar-refractivity contribution in [3.63, 3.8) is 0 Å². The van der Waals surface area contributed by atoms with Gasteiger partial charge in [0.2, 0.25) is 5.91 Å². The van der Waals surface area contributed by atoms with Crippen LogP contribution in [0.25, 0.3) is 0 Å². The van der Waals surface area contributed by atoms with Crippen LogP contribution in [0.15, 0.2) is 42.5 Å². The lowest BCUT2D eigenvalue weighted by molar-refractivity contribution is -0.140. The van der Waals surface area contributed by atoms with Crippen LogP contribution in [-0.4, -0.2) is 67.3 Å². The average molecular weight is 585 g/mol. The molecule has 1 aliphatic heterocycles. The van der Waals surface area contributed by atoms with Crippen LogP contribution in [0.4, 0.5) is 0 Å². The maximum atomic E-state index is 13.0. The summed E-state index contributed by atoms with van der Waals surface area (Å²) in [6, 6.07) is 8.31. The molecule has 214 valence electrons. The first-order valence-electron chi connectivity index (χ1n) is 12.1. The number of para-hydroxylation sites is 1. The molecule has 1 saturated heterocycles. The number of phosphoric acid groups is 1. The maximum absolute atomic E-state index is 13.0. The standard InChI is InChI=1S/C25H33N2O10PS/c1-17(19(28)10-11-21(30)34-4)24(32)39-15-14-26-20(29)12-13-27-23(31)22-25(2,3)16-35-38(33,37-22)36-18-8-6-5-7-9-18/h5-11,17,22H,12-16H2,1-4H3,(H,26,29)(H,27,31)/b11-10+/t17?,22-,38?/m0/s1. The number of rotatable bonds is 13. The Balaban J connectivity index is 1.72. The second kappa shape index (κ2) is 15.0. The van der Waals surface area contributed by atoms with Crippen molar-refractivity contribution >= 4 is 48.3 Å². The molecule has 1 aliphatic rings. The van der Waals surface area contributed by atoms with Gasteiger partial charge in [-0.05, 0) is 25.1 Å². The Morgan fingerprint density at radius 2 is 1.82 bits per heavy atom. The van der Waals surface area contributed by atoms with E-state index in [9.17, 15) is 28.5 Å². The fraction of sp³-hybridized carbons (Fsp3) is 0.480. The van der Waals surface area contributed by atoms with Gasteiger partial charge in [-0.3, -0.25) is 28.2 Å². The molecule has 0 bridgehead atoms. The van der Waals surface area contributed by atoms with Gasteiger partial charge in [0.1, 0.15) is 5.75 Å². The molecule has 0 saturated carbocycles. The number of benzene rings is 1. The van der Waals surface area contributed by atoms with Crippen molar-refractivity contribution in [2.45, 2.75) is 33.3 Å². The molecule has 2 amide bonds. The lowest BCUT2D eigenvalue weighted by Crippen LogP contribution is -2.50. The number of esters is 1. The first-order chi connectivity index (χ1) is 18.4. The molecule has 0 radical (unpaired) electrons. The van der Waals surface area contributed by atoms with Crippen molar-refractivity contribution in [2.75, 3.05) is 32.6 Å². The van der Waals surface area contributed by atoms with E-state index in [-0.39, 0.29) is 43.5 Å². The van der Waals surface area contributed by atoms with E-state index in [1.54, 1.807) is 44.2 Å². The lowest BCUT2D eigenvalue weighted by Gasteiger charge is -2.39. The van der Waals surface area contributed by atoms with Crippen LogP contribution in [0.2, 0.25) is 0 Å². The van der Waals surface area contributed by atoms with Gasteiger partial charge in [0, 0.05) is 36.8 Å². The summed E-state index contributed by atoms with van der Waals surface area (Å²) in [7, 11) is -2.87. The van der Waals surface area contributed by atoms with Gasteiger partial charge in [0.05, 0.1) is 19.6 Å². The maximum Gasteiger partial charge on any atom is 0.530 e. The van der Waals surface area contributed by atoms with E-state index in [2.05, 4.69) is 15.4 Å². The smallest absolute Gasteiger partial charge is 0.466 e. The first kappa shape index (κ1) is 32.2. The number of allylic oxidation sites excluding steroid dienone is 1. The van der Waals surface area contributed by atoms with E-state index in [4.69, 9.17) is 13.6 Å². The molecule has 39 heavy (non-hydrogen) atoms. The summed E-state index contributed by atoms with van der Waals surface area (Å²) in [5.74, 6) is -2.60. The van der Waals surface area contributed by atoms with Crippen molar-refractivity contribution in [1.29, 1.82) is 0 Å². The van der Waals surface area contributed by atoms with Crippen LogP contribution in [0.3, 0.4) is 0 Å². The van der Waals surface area contributed by atoms with Crippen molar-refractivity contribution in [1.82, 2.24) is 10.6 Å². The fourth-order valence-electron chi connectivity index (χ4n) is 3.11. The molecule has 12 nitrogen and oxygen atoms in total. The highest BCUT2D eigenvalue weighted by Gasteiger charge is 2.49. The van der Waals surface area contributed by atoms with Gasteiger partial charge in [0.25, 0.3) is 5.91 Å². The molecule has 1 fully saturated rings. The van der Waals surface area contributed by atoms with Crippen LogP contribution in [-0.2, 0) is 42.3 Å². The fourth-order valence-corrected chi connectivity index (χ4v) is 5.55. The number of hydrogen-bond acceptors (Lipinski definition) is 11. The predicted octanol–water partition coefficient (Wildman–Crippen LogP) is 2.43. The van der Waals surface area contributed by atoms with Crippen molar-refractivity contribution in [2.24, 2.45) is 11.3 Å². The number of thioether (sulfide) groups is 1. The Labute approximate surface area is 231 Å². The van der Waals surface area contributed by atoms with Crippen molar-refractivity contribution in [3.05, 3.63) is 42.5 Å². The topological polar surface area (TPSA) is 163 Å². The van der Waals surface area contributed by atoms with Gasteiger partial charge >= 0.3 is 13.8 Å². The minimum atomic E-state index is -4.04. The molecule has 0 aromatic heterocycles. The minimum absolute atomic E-state index is 0.00452. The second-order valence-electron chi connectivity index (χ2n) is 9.14. The molecule has 1 aromatic carbocycles. The quantitative estimate of drug-likeness (QED) is 0.115. The van der Waals surface area contributed by atoms with Crippen LogP contribution < -0.4 is 15.2 Å². The lowest BCUT2D eigenvalue weighted by atomic mass is 9.87. The largest absolute Gasteiger partial charge is 0.530 e. The molecular weight excluding hydrogens is 551 g/mol. The number of carbonyl (C=O) groups is 5. The van der Waals surface area contributed by atoms with Gasteiger partial charge in [-0.15, -0.1) is 0 Å². The normalized spacial score (nSPS) is 21.0. The Hall–Kier alpha value is -2.99. The molecule has 14 heteroatoms. The molecule has 1 aromatic rings. The molecular formula is C25H33N2O10PS. The van der Waals surface area contributed by atoms with Crippen LogP contribution >= 0.6 is 19.6 Å². The summed E-state index contributed by atoms with van der Waals surface area (Å²) in [4.78, 5) is 60.0. The number of amides is 2. The number of ether oxygens (including phenoxy) is 1. The SMILES string of the molecule is COC(=O)/C=C/C(=O)C(C)C(=O)SCCNC(=O)CCNC(=O)[C@@H]1OP(=O)(Oc2ccccc2)OCC1(C)C. The van der Waals surface area contributed by atoms with E-state index >= 15 is 0 Å². The van der Waals surface area contributed by atoms with E-state index in [0.29, 0.717) is 0 Å². The summed E-state index contributed by atoms with van der Waals surface area (Å²) >= 11 is 0.881. The summed E-state index contributed by atoms with van der Waals surface area (Å²) in [5.41, 5.74) is -0.808. The molecule has 1 heterocycles. The van der Waals surface area contributed by atoms with Crippen LogP contribution in [0, 0.1) is 11.3 Å². The highest BCUT2D eigenvalue weighted by molar-refractivity contribution is 8.13. The molecule has 2 unspecified atom stereocenters. The zero-order valence-electron chi connectivity index (χ0n) is 22.2. The highest BCUT2D eigenvalue weighted by Crippen LogP contribution is 2.56. The Kier molecular flexibility index (Phi) is 12.4. The minimum Gasteiger partial charge on any atom is -0.466 e. The zero-order chi connectivity index (χ0) is 29.1. The molecule has 3 atom stereocenters. The Bertz CT molecular complexity index is 1130. The zero-order valence-corrected chi connectivity index (χ0v) is 23.9. The molecule has 0 aliphatic carbocycles. The van der Waals surface area contributed by atoms with E-state index in [1.165, 1.54) is 14.0 Å². The van der Waals surface area contributed by atoms with E-state index < -0.39 is 48.0 Å². The average Bonchev–Trinajstić information content (AvgIpc) is 2.90. The number of nitrogens with one attached hydrogen (secondary N) is 2. The highest BCUT2D eigenvalue weighted by atomic mass is 32.2. The van der Waals surface area contributed by atoms with E-state index in [1.807, 2.05) is 0 Å². The second-order valence-corrected chi connectivity index (χ2v) is 11.8. The third-order valence-electron chi connectivity index (χ3n) is 5.42. The van der Waals surface area contributed by atoms with Crippen molar-refractivity contribution in [3.8, 4) is 5.75 Å². The summed E-state index contributed by atoms with van der Waals surface area (Å²) in [5, 5.41) is 4.83. The third-order valence-corrected chi connectivity index (χ3v) is 7.82. The van der Waals surface area contributed by atoms with Gasteiger partial charge in [-0.1, -0.05) is 43.8 Å². The van der Waals surface area contributed by atoms with Gasteiger partial charge in [-0.25, -0.2) is 9.36 Å². The van der Waals surface area contributed by atoms with Gasteiger partial charge in [0.15, 0.2) is 17.0 Å². The first-order valence-corrected chi connectivity index (χ1v) is 14.5. The van der Waals surface area contributed by atoms with Gasteiger partial charge < -0.3 is 19.9 Å². The Morgan fingerprint density at radius 1 is 1.13 bits per heavy atom. The third kappa shape index (κ3) is 10.6. The van der Waals surface area contributed by atoms with Gasteiger partial charge in [-0.2, -0.15) is 0 Å². The van der Waals surface area contributed by atoms with Crippen molar-refractivity contribution < 1.29 is 46.8 Å². The summed E-state index contributed by atoms with van der Waals surface area (Å²) in [6.07, 6.45) is 0.757. The summed E-state index contributed by atoms with van der Waals surface area (Å²) in [6.45, 7) is 4.99. The summed E-state index contributed by atoms with van der Waals surface area (Å²) < 4.78 is 33.6. The monoisotopic (exact) mass is 584 g/mol.